The summed E-state index contributed by atoms with van der Waals surface area (Å²) in [7, 11) is 0. The van der Waals surface area contributed by atoms with Gasteiger partial charge in [-0.3, -0.25) is 24.0 Å². The third-order valence-corrected chi connectivity index (χ3v) is 24.8. The van der Waals surface area contributed by atoms with Crippen LogP contribution in [0.1, 0.15) is 196 Å². The maximum atomic E-state index is 13.6. The number of carboxylic acids is 1. The van der Waals surface area contributed by atoms with Crippen LogP contribution in [0.2, 0.25) is 0 Å². The Balaban J connectivity index is 0.000000179. The van der Waals surface area contributed by atoms with Gasteiger partial charge in [0.15, 0.2) is 0 Å². The van der Waals surface area contributed by atoms with Gasteiger partial charge in [-0.1, -0.05) is 155 Å². The molecule has 7 aliphatic rings. The number of para-hydroxylation sites is 4. The number of ketones is 1. The second-order valence-corrected chi connectivity index (χ2v) is 40.7. The Morgan fingerprint density at radius 3 is 1.20 bits per heavy atom. The average Bonchev–Trinajstić information content (AvgIpc) is 1.64. The summed E-state index contributed by atoms with van der Waals surface area (Å²) in [4.78, 5) is 136. The number of Topliss-reactive ketones (excluding diaryl/α,β-unsaturated/α-hetero) is 1. The number of aliphatic carboxylic acids is 1. The molecule has 4 N–H and O–H groups in total. The van der Waals surface area contributed by atoms with E-state index in [0.29, 0.717) is 149 Å². The largest absolute Gasteiger partial charge is 0.481 e. The van der Waals surface area contributed by atoms with Crippen LogP contribution in [0.3, 0.4) is 0 Å². The molecule has 14 rings (SSSR count). The number of likely N-dealkylation sites (tertiary alicyclic amines) is 5. The maximum Gasteiger partial charge on any atom is 0.410 e. The summed E-state index contributed by atoms with van der Waals surface area (Å²) >= 11 is 10.3. The molecule has 7 aromatic carbocycles. The number of carboxylic acid groups (broad SMARTS) is 1. The van der Waals surface area contributed by atoms with Gasteiger partial charge in [-0.15, -0.1) is 0 Å². The van der Waals surface area contributed by atoms with Crippen LogP contribution >= 0.6 is 47.8 Å². The molecule has 8 amide bonds. The summed E-state index contributed by atoms with van der Waals surface area (Å²) in [6.45, 7) is 34.1. The number of ether oxygens (including phenoxy) is 5. The molecule has 0 radical (unpaired) electrons. The molecule has 690 valence electrons. The number of hydrogen-bond acceptors (Lipinski definition) is 16. The van der Waals surface area contributed by atoms with E-state index in [2.05, 4.69) is 59.2 Å². The summed E-state index contributed by atoms with van der Waals surface area (Å²) in [6.07, 6.45) is 5.12. The van der Waals surface area contributed by atoms with Crippen LogP contribution in [0.15, 0.2) is 195 Å². The number of anilines is 4. The molecule has 0 atom stereocenters. The van der Waals surface area contributed by atoms with Crippen molar-refractivity contribution >= 4 is 130 Å². The minimum atomic E-state index is -0.774. The Labute approximate surface area is 780 Å². The average molecular weight is 1950 g/mol. The summed E-state index contributed by atoms with van der Waals surface area (Å²) in [5, 5.41) is 11.8. The van der Waals surface area contributed by atoms with Crippen LogP contribution in [0.4, 0.5) is 46.7 Å². The SMILES string of the molecule is CC(C)(C)OC(=O)N1CCC(C(=O)Cc2ccccc2Br)CC1.CC(C)(C)OC(=O)N1CCC(C(=O)N(Cc2ccccc2)c2ccccc2Br)CC1.CC(C)(C)OC(=O)N1CCC(C(=O)O)CC1.CC(C)(C)OC(=O)N1CCC2(CC1)C(=O)N(Cc1ccccc1)c1ccccc12.CC(C)(C)OC(=O)N1CCC2(CC1)C(=O)Nc1ccccc12.Nc1ccccc1Br. The molecule has 0 aromatic heterocycles. The third-order valence-electron chi connectivity index (χ3n) is 22.6. The quantitative estimate of drug-likeness (QED) is 0.0846. The van der Waals surface area contributed by atoms with E-state index in [1.807, 2.05) is 290 Å². The molecule has 28 heteroatoms. The predicted octanol–water partition coefficient (Wildman–Crippen LogP) is 21.0. The first kappa shape index (κ1) is 101. The van der Waals surface area contributed by atoms with Gasteiger partial charge in [-0.25, -0.2) is 24.0 Å². The smallest absolute Gasteiger partial charge is 0.410 e. The standard InChI is InChI=1S/C24H29BrN2O3.C24H28N2O3.C18H24BrNO3.C17H22N2O3.C11H19NO4.C6H6BrN/c1-24(2,3)30-23(29)26-15-13-19(14-16-26)22(28)27(17-18-9-5-4-6-10-18)21-12-8-7-11-20(21)25;1-23(2,3)29-22(28)25-15-13-24(14-16-25)19-11-7-8-12-20(19)26(21(24)27)17-18-9-5-4-6-10-18;1-18(2,3)23-17(22)20-10-8-13(9-11-20)16(21)12-14-6-4-5-7-15(14)19;1-16(2,3)22-15(21)19-10-8-17(9-11-19)12-6-4-5-7-13(12)18-14(17)20;1-11(2,3)16-10(15)12-6-4-8(5-7-12)9(13)14;7-5-3-1-2-4-6(5)8/h4-12,19H,13-17H2,1-3H3;4-12H,13-17H2,1-3H3;4-7,13H,8-12H2,1-3H3;4-7H,8-11H2,1-3H3,(H,18,20);8H,4-7H2,1-3H3,(H,13,14);1-4H,8H2. The summed E-state index contributed by atoms with van der Waals surface area (Å²) in [6, 6.07) is 59.2. The second-order valence-electron chi connectivity index (χ2n) is 38.2. The molecule has 2 spiro atoms. The molecule has 0 saturated carbocycles. The van der Waals surface area contributed by atoms with Crippen LogP contribution in [0, 0.1) is 17.8 Å². The zero-order valence-corrected chi connectivity index (χ0v) is 81.5. The minimum Gasteiger partial charge on any atom is -0.481 e. The number of fused-ring (bicyclic) bond motifs is 4. The molecule has 7 heterocycles. The van der Waals surface area contributed by atoms with Crippen LogP contribution < -0.4 is 20.9 Å². The number of nitrogens with two attached hydrogens (primary N) is 1. The molecule has 0 bridgehead atoms. The van der Waals surface area contributed by atoms with Crippen LogP contribution in [0.5, 0.6) is 0 Å². The lowest BCUT2D eigenvalue weighted by molar-refractivity contribution is -0.143. The van der Waals surface area contributed by atoms with Gasteiger partial charge in [0.2, 0.25) is 17.7 Å². The lowest BCUT2D eigenvalue weighted by Crippen LogP contribution is -2.50. The predicted molar refractivity (Wildman–Crippen MR) is 509 cm³/mol. The van der Waals surface area contributed by atoms with E-state index in [9.17, 15) is 47.9 Å². The zero-order valence-electron chi connectivity index (χ0n) is 76.7. The van der Waals surface area contributed by atoms with Gasteiger partial charge in [-0.05, 0) is 270 Å². The van der Waals surface area contributed by atoms with E-state index in [-0.39, 0.29) is 71.7 Å². The fourth-order valence-corrected chi connectivity index (χ4v) is 17.2. The number of rotatable bonds is 10. The van der Waals surface area contributed by atoms with Crippen molar-refractivity contribution in [3.05, 3.63) is 223 Å². The molecule has 7 aromatic rings. The number of carbonyl (C=O) groups is 10. The Bertz CT molecular complexity index is 4920. The molecule has 128 heavy (non-hydrogen) atoms. The van der Waals surface area contributed by atoms with Crippen molar-refractivity contribution in [2.75, 3.05) is 86.3 Å². The number of nitrogen functional groups attached to an aromatic ring is 1. The van der Waals surface area contributed by atoms with Crippen LogP contribution in [-0.2, 0) is 78.0 Å². The maximum absolute atomic E-state index is 13.6. The molecular formula is C100H128Br3N9O16. The van der Waals surface area contributed by atoms with E-state index < -0.39 is 44.8 Å². The fourth-order valence-electron chi connectivity index (χ4n) is 16.0. The number of hydrogen-bond donors (Lipinski definition) is 3. The number of halogens is 3. The van der Waals surface area contributed by atoms with Crippen LogP contribution in [0.25, 0.3) is 0 Å². The number of carbonyl (C=O) groups excluding carboxylic acids is 9. The van der Waals surface area contributed by atoms with Gasteiger partial charge in [0.25, 0.3) is 0 Å². The highest BCUT2D eigenvalue weighted by molar-refractivity contribution is 9.11. The summed E-state index contributed by atoms with van der Waals surface area (Å²) in [5.74, 6) is -0.651. The van der Waals surface area contributed by atoms with E-state index in [1.54, 1.807) is 24.5 Å². The fraction of sp³-hybridized carbons (Fsp3) is 0.480. The van der Waals surface area contributed by atoms with Crippen molar-refractivity contribution in [3.63, 3.8) is 0 Å². The van der Waals surface area contributed by atoms with Gasteiger partial charge in [0.1, 0.15) is 33.8 Å². The van der Waals surface area contributed by atoms with Gasteiger partial charge < -0.3 is 74.1 Å². The number of amides is 8. The van der Waals surface area contributed by atoms with E-state index in [0.717, 1.165) is 64.0 Å². The number of nitrogens with zero attached hydrogens (tertiary/aromatic N) is 7. The van der Waals surface area contributed by atoms with Crippen molar-refractivity contribution in [1.29, 1.82) is 0 Å². The molecule has 7 aliphatic heterocycles. The molecule has 0 aliphatic carbocycles. The number of piperidine rings is 5. The van der Waals surface area contributed by atoms with E-state index in [4.69, 9.17) is 34.5 Å². The Morgan fingerprint density at radius 2 is 0.773 bits per heavy atom. The second kappa shape index (κ2) is 44.8. The third kappa shape index (κ3) is 29.3. The minimum absolute atomic E-state index is 0.0285. The first-order valence-corrected chi connectivity index (χ1v) is 46.4. The number of benzene rings is 7. The topological polar surface area (TPSA) is 298 Å². The Kier molecular flexibility index (Phi) is 35.5. The molecule has 5 fully saturated rings. The highest BCUT2D eigenvalue weighted by Crippen LogP contribution is 2.49. The van der Waals surface area contributed by atoms with Gasteiger partial charge >= 0.3 is 36.4 Å². The highest BCUT2D eigenvalue weighted by Gasteiger charge is 2.53. The summed E-state index contributed by atoms with van der Waals surface area (Å²) in [5.41, 5.74) is 10.8. The van der Waals surface area contributed by atoms with E-state index >= 15 is 0 Å². The van der Waals surface area contributed by atoms with E-state index in [1.165, 1.54) is 0 Å². The molecule has 25 nitrogen and oxygen atoms in total. The first-order chi connectivity index (χ1) is 60.2. The highest BCUT2D eigenvalue weighted by atomic mass is 79.9. The van der Waals surface area contributed by atoms with Gasteiger partial charge in [0.05, 0.1) is 35.5 Å². The van der Waals surface area contributed by atoms with Crippen molar-refractivity contribution in [2.24, 2.45) is 17.8 Å². The van der Waals surface area contributed by atoms with Crippen LogP contribution in [-0.4, -0.2) is 183 Å². The Morgan fingerprint density at radius 1 is 0.414 bits per heavy atom. The van der Waals surface area contributed by atoms with Gasteiger partial charge in [0, 0.05) is 114 Å². The van der Waals surface area contributed by atoms with Crippen molar-refractivity contribution < 1.29 is 76.7 Å². The Hall–Kier alpha value is -10.3. The van der Waals surface area contributed by atoms with Crippen molar-refractivity contribution in [2.45, 2.75) is 226 Å². The molecule has 5 saturated heterocycles. The lowest BCUT2D eigenvalue weighted by atomic mass is 9.73. The first-order valence-electron chi connectivity index (χ1n) is 44.1. The summed E-state index contributed by atoms with van der Waals surface area (Å²) < 4.78 is 29.8. The van der Waals surface area contributed by atoms with Crippen molar-refractivity contribution in [3.8, 4) is 0 Å². The zero-order chi connectivity index (χ0) is 93.7. The molecule has 0 unspecified atom stereocenters. The lowest BCUT2D eigenvalue weighted by Gasteiger charge is -2.39. The molecular weight excluding hydrogens is 1820 g/mol. The van der Waals surface area contributed by atoms with Gasteiger partial charge in [-0.2, -0.15) is 0 Å². The van der Waals surface area contributed by atoms with Crippen molar-refractivity contribution in [1.82, 2.24) is 24.5 Å². The number of nitrogens with one attached hydrogen (secondary N) is 1. The monoisotopic (exact) mass is 1950 g/mol. The normalized spacial score (nSPS) is 16.8.